The molecule has 0 spiro atoms. The maximum Gasteiger partial charge on any atom is 0.269 e. The lowest BCUT2D eigenvalue weighted by atomic mass is 9.90. The summed E-state index contributed by atoms with van der Waals surface area (Å²) < 4.78 is 5.28. The standard InChI is InChI=1S/C22H25N3O7/c1-14(26)32-13-17(23-20(27)16-7-9-18(10-8-16)25(30)31)11-22(21(28)24-29)12-19(22)15-5-3-2-4-6-15/h2-10,14,17,19,26,29H,11-13H2,1H3,(H,23,27)(H,24,28)/t14?,17-,19?,22-/m0/s1. The van der Waals surface area contributed by atoms with Gasteiger partial charge in [-0.25, -0.2) is 5.48 Å². The number of hydrogen-bond donors (Lipinski definition) is 4. The summed E-state index contributed by atoms with van der Waals surface area (Å²) in [5.41, 5.74) is 1.78. The number of hydrogen-bond acceptors (Lipinski definition) is 7. The van der Waals surface area contributed by atoms with Gasteiger partial charge in [0.05, 0.1) is 23.0 Å². The van der Waals surface area contributed by atoms with Crippen molar-refractivity contribution in [1.82, 2.24) is 10.8 Å². The minimum atomic E-state index is -1.08. The van der Waals surface area contributed by atoms with Crippen LogP contribution in [0, 0.1) is 15.5 Å². The fraction of sp³-hybridized carbons (Fsp3) is 0.364. The van der Waals surface area contributed by atoms with Crippen molar-refractivity contribution in [3.05, 3.63) is 75.8 Å². The van der Waals surface area contributed by atoms with Crippen LogP contribution in [0.2, 0.25) is 0 Å². The third-order valence-electron chi connectivity index (χ3n) is 5.66. The molecule has 1 saturated carbocycles. The number of nitrogens with zero attached hydrogens (tertiary/aromatic N) is 1. The van der Waals surface area contributed by atoms with E-state index < -0.39 is 34.5 Å². The van der Waals surface area contributed by atoms with Crippen LogP contribution in [0.5, 0.6) is 0 Å². The van der Waals surface area contributed by atoms with Crippen molar-refractivity contribution < 1.29 is 29.6 Å². The van der Waals surface area contributed by atoms with Gasteiger partial charge in [-0.15, -0.1) is 0 Å². The number of nitrogens with one attached hydrogen (secondary N) is 2. The molecule has 3 rings (SSSR count). The average molecular weight is 443 g/mol. The summed E-state index contributed by atoms with van der Waals surface area (Å²) in [5, 5.41) is 32.4. The Morgan fingerprint density at radius 3 is 2.44 bits per heavy atom. The van der Waals surface area contributed by atoms with E-state index in [1.54, 1.807) is 5.48 Å². The number of aliphatic hydroxyl groups is 1. The molecule has 4 atom stereocenters. The van der Waals surface area contributed by atoms with Crippen molar-refractivity contribution >= 4 is 17.5 Å². The number of non-ortho nitro benzene ring substituents is 1. The van der Waals surface area contributed by atoms with Gasteiger partial charge in [0.15, 0.2) is 6.29 Å². The lowest BCUT2D eigenvalue weighted by Gasteiger charge is -2.25. The highest BCUT2D eigenvalue weighted by atomic mass is 16.6. The van der Waals surface area contributed by atoms with E-state index in [4.69, 9.17) is 4.74 Å². The molecule has 10 nitrogen and oxygen atoms in total. The first-order chi connectivity index (χ1) is 15.3. The minimum absolute atomic E-state index is 0.0711. The number of ether oxygens (including phenoxy) is 1. The number of benzene rings is 2. The van der Waals surface area contributed by atoms with Crippen LogP contribution in [0.3, 0.4) is 0 Å². The second kappa shape index (κ2) is 9.86. The van der Waals surface area contributed by atoms with E-state index in [1.165, 1.54) is 31.2 Å². The highest BCUT2D eigenvalue weighted by molar-refractivity contribution is 5.94. The SMILES string of the molecule is CC(O)OC[C@H](C[C@]1(C(=O)NO)CC1c1ccccc1)NC(=O)c1ccc([N+](=O)[O-])cc1. The van der Waals surface area contributed by atoms with Crippen molar-refractivity contribution in [3.8, 4) is 0 Å². The lowest BCUT2D eigenvalue weighted by molar-refractivity contribution is -0.384. The van der Waals surface area contributed by atoms with Gasteiger partial charge < -0.3 is 15.2 Å². The van der Waals surface area contributed by atoms with Crippen LogP contribution < -0.4 is 10.8 Å². The van der Waals surface area contributed by atoms with Crippen LogP contribution in [0.1, 0.15) is 41.6 Å². The topological polar surface area (TPSA) is 151 Å². The molecule has 4 N–H and O–H groups in total. The number of carbonyl (C=O) groups excluding carboxylic acids is 2. The minimum Gasteiger partial charge on any atom is -0.368 e. The zero-order valence-corrected chi connectivity index (χ0v) is 17.4. The molecule has 0 heterocycles. The summed E-state index contributed by atoms with van der Waals surface area (Å²) in [6.45, 7) is 1.35. The molecular formula is C22H25N3O7. The third kappa shape index (κ3) is 5.28. The normalized spacial score (nSPS) is 21.3. The first-order valence-corrected chi connectivity index (χ1v) is 10.1. The molecule has 0 radical (unpaired) electrons. The van der Waals surface area contributed by atoms with Gasteiger partial charge in [-0.1, -0.05) is 30.3 Å². The highest BCUT2D eigenvalue weighted by Gasteiger charge is 2.61. The molecule has 10 heteroatoms. The maximum atomic E-state index is 12.7. The number of aliphatic hydroxyl groups excluding tert-OH is 1. The molecule has 0 aliphatic heterocycles. The van der Waals surface area contributed by atoms with Gasteiger partial charge in [0.2, 0.25) is 5.91 Å². The van der Waals surface area contributed by atoms with Crippen LogP contribution in [-0.2, 0) is 9.53 Å². The first-order valence-electron chi connectivity index (χ1n) is 10.1. The highest BCUT2D eigenvalue weighted by Crippen LogP contribution is 2.62. The van der Waals surface area contributed by atoms with Crippen molar-refractivity contribution in [2.24, 2.45) is 5.41 Å². The van der Waals surface area contributed by atoms with Gasteiger partial charge in [-0.3, -0.25) is 24.9 Å². The van der Waals surface area contributed by atoms with Crippen LogP contribution in [0.4, 0.5) is 5.69 Å². The van der Waals surface area contributed by atoms with Crippen LogP contribution >= 0.6 is 0 Å². The quantitative estimate of drug-likeness (QED) is 0.190. The summed E-state index contributed by atoms with van der Waals surface area (Å²) >= 11 is 0. The summed E-state index contributed by atoms with van der Waals surface area (Å²) in [7, 11) is 0. The Bertz CT molecular complexity index is 965. The Kier molecular flexibility index (Phi) is 7.18. The van der Waals surface area contributed by atoms with Crippen molar-refractivity contribution in [3.63, 3.8) is 0 Å². The van der Waals surface area contributed by atoms with E-state index in [0.29, 0.717) is 6.42 Å². The van der Waals surface area contributed by atoms with Gasteiger partial charge in [-0.2, -0.15) is 0 Å². The number of hydroxylamine groups is 1. The van der Waals surface area contributed by atoms with E-state index in [2.05, 4.69) is 5.32 Å². The Morgan fingerprint density at radius 1 is 1.22 bits per heavy atom. The lowest BCUT2D eigenvalue weighted by Crippen LogP contribution is -2.44. The van der Waals surface area contributed by atoms with Crippen molar-refractivity contribution in [1.29, 1.82) is 0 Å². The maximum absolute atomic E-state index is 12.7. The monoisotopic (exact) mass is 443 g/mol. The van der Waals surface area contributed by atoms with Crippen LogP contribution in [0.25, 0.3) is 0 Å². The molecule has 0 saturated heterocycles. The van der Waals surface area contributed by atoms with Gasteiger partial charge in [0, 0.05) is 17.7 Å². The van der Waals surface area contributed by atoms with E-state index in [9.17, 15) is 30.0 Å². The number of carbonyl (C=O) groups is 2. The predicted octanol–water partition coefficient (Wildman–Crippen LogP) is 2.12. The molecule has 2 amide bonds. The van der Waals surface area contributed by atoms with Crippen LogP contribution in [0.15, 0.2) is 54.6 Å². The summed E-state index contributed by atoms with van der Waals surface area (Å²) in [5.74, 6) is -1.21. The van der Waals surface area contributed by atoms with Crippen molar-refractivity contribution in [2.45, 2.75) is 38.0 Å². The molecule has 2 unspecified atom stereocenters. The van der Waals surface area contributed by atoms with E-state index in [1.807, 2.05) is 30.3 Å². The molecule has 1 aliphatic rings. The number of nitro groups is 1. The molecule has 1 fully saturated rings. The number of rotatable bonds is 10. The zero-order chi connectivity index (χ0) is 23.3. The zero-order valence-electron chi connectivity index (χ0n) is 17.4. The van der Waals surface area contributed by atoms with E-state index >= 15 is 0 Å². The molecule has 0 bridgehead atoms. The second-order valence-corrected chi connectivity index (χ2v) is 7.88. The molecule has 0 aromatic heterocycles. The van der Waals surface area contributed by atoms with Crippen molar-refractivity contribution in [2.75, 3.05) is 6.61 Å². The smallest absolute Gasteiger partial charge is 0.269 e. The second-order valence-electron chi connectivity index (χ2n) is 7.88. The van der Waals surface area contributed by atoms with E-state index in [0.717, 1.165) is 5.56 Å². The number of amides is 2. The molecule has 170 valence electrons. The third-order valence-corrected chi connectivity index (χ3v) is 5.66. The fourth-order valence-electron chi connectivity index (χ4n) is 3.96. The summed E-state index contributed by atoms with van der Waals surface area (Å²) in [6.07, 6.45) is -0.452. The molecular weight excluding hydrogens is 418 g/mol. The fourth-order valence-corrected chi connectivity index (χ4v) is 3.96. The Morgan fingerprint density at radius 2 is 1.88 bits per heavy atom. The Labute approximate surface area is 184 Å². The van der Waals surface area contributed by atoms with Gasteiger partial charge in [0.1, 0.15) is 0 Å². The van der Waals surface area contributed by atoms with Gasteiger partial charge >= 0.3 is 0 Å². The predicted molar refractivity (Wildman–Crippen MR) is 113 cm³/mol. The summed E-state index contributed by atoms with van der Waals surface area (Å²) in [4.78, 5) is 35.6. The van der Waals surface area contributed by atoms with E-state index in [-0.39, 0.29) is 30.2 Å². The molecule has 2 aromatic carbocycles. The first kappa shape index (κ1) is 23.3. The molecule has 1 aliphatic carbocycles. The average Bonchev–Trinajstić information content (AvgIpc) is 3.52. The Hall–Kier alpha value is -3.34. The largest absolute Gasteiger partial charge is 0.368 e. The molecule has 32 heavy (non-hydrogen) atoms. The van der Waals surface area contributed by atoms with Crippen LogP contribution in [-0.4, -0.2) is 46.0 Å². The van der Waals surface area contributed by atoms with Gasteiger partial charge in [-0.05, 0) is 43.4 Å². The summed E-state index contributed by atoms with van der Waals surface area (Å²) in [6, 6.07) is 13.8. The Balaban J connectivity index is 1.78. The molecule has 2 aromatic rings. The van der Waals surface area contributed by atoms with Gasteiger partial charge in [0.25, 0.3) is 11.6 Å². The number of nitro benzene ring substituents is 1.